The van der Waals surface area contributed by atoms with Crippen LogP contribution in [0.4, 0.5) is 15.9 Å². The number of pyridine rings is 1. The van der Waals surface area contributed by atoms with Gasteiger partial charge < -0.3 is 10.1 Å². The van der Waals surface area contributed by atoms with Crippen LogP contribution >= 0.6 is 0 Å². The molecule has 0 spiro atoms. The van der Waals surface area contributed by atoms with Crippen molar-refractivity contribution in [2.24, 2.45) is 0 Å². The van der Waals surface area contributed by atoms with Crippen LogP contribution in [0.15, 0.2) is 47.8 Å². The first kappa shape index (κ1) is 16.9. The van der Waals surface area contributed by atoms with Gasteiger partial charge in [0.2, 0.25) is 0 Å². The van der Waals surface area contributed by atoms with Crippen LogP contribution in [0, 0.1) is 5.82 Å². The number of carbonyl (C=O) groups excluding carboxylic acids is 1. The number of esters is 1. The Morgan fingerprint density at radius 1 is 1.28 bits per heavy atom. The van der Waals surface area contributed by atoms with E-state index in [1.54, 1.807) is 16.7 Å². The summed E-state index contributed by atoms with van der Waals surface area (Å²) in [6.07, 6.45) is 4.04. The number of benzene rings is 1. The number of nitrogens with one attached hydrogen (secondary N) is 1. The molecule has 2 heterocycles. The molecule has 9 heteroatoms. The van der Waals surface area contributed by atoms with E-state index in [0.29, 0.717) is 5.52 Å². The van der Waals surface area contributed by atoms with Gasteiger partial charge in [0.15, 0.2) is 9.84 Å². The van der Waals surface area contributed by atoms with Crippen molar-refractivity contribution in [2.75, 3.05) is 18.7 Å². The van der Waals surface area contributed by atoms with E-state index in [2.05, 4.69) is 10.3 Å². The second kappa shape index (κ2) is 6.17. The highest BCUT2D eigenvalue weighted by molar-refractivity contribution is 7.90. The first-order valence-corrected chi connectivity index (χ1v) is 9.00. The van der Waals surface area contributed by atoms with Gasteiger partial charge in [-0.25, -0.2) is 22.6 Å². The van der Waals surface area contributed by atoms with Crippen LogP contribution in [0.3, 0.4) is 0 Å². The van der Waals surface area contributed by atoms with Crippen LogP contribution in [0.1, 0.15) is 10.4 Å². The Hall–Kier alpha value is -2.94. The van der Waals surface area contributed by atoms with Crippen molar-refractivity contribution in [3.05, 3.63) is 54.2 Å². The molecule has 25 heavy (non-hydrogen) atoms. The molecule has 0 aliphatic rings. The molecule has 2 aromatic heterocycles. The fraction of sp³-hybridized carbons (Fsp3) is 0.125. The zero-order chi connectivity index (χ0) is 18.2. The fourth-order valence-corrected chi connectivity index (χ4v) is 2.98. The molecule has 130 valence electrons. The largest absolute Gasteiger partial charge is 0.465 e. The molecule has 1 aromatic carbocycles. The summed E-state index contributed by atoms with van der Waals surface area (Å²) in [5.74, 6) is -1.12. The zero-order valence-electron chi connectivity index (χ0n) is 13.4. The molecule has 3 rings (SSSR count). The minimum Gasteiger partial charge on any atom is -0.465 e. The number of rotatable bonds is 4. The average molecular weight is 363 g/mol. The number of hydrogen-bond acceptors (Lipinski definition) is 6. The zero-order valence-corrected chi connectivity index (χ0v) is 14.2. The van der Waals surface area contributed by atoms with E-state index in [0.717, 1.165) is 12.3 Å². The van der Waals surface area contributed by atoms with Gasteiger partial charge in [0.1, 0.15) is 23.5 Å². The Kier molecular flexibility index (Phi) is 4.17. The standard InChI is InChI=1S/C16H14FN3O4S/c1-24-16(21)12-5-3-10-8-18-9-20(10)15(12)19-14-6-4-11(7-13(14)17)25(2,22)23/h3-9,19H,1-2H3. The van der Waals surface area contributed by atoms with E-state index in [4.69, 9.17) is 4.74 Å². The van der Waals surface area contributed by atoms with Crippen molar-refractivity contribution in [3.8, 4) is 0 Å². The maximum Gasteiger partial charge on any atom is 0.341 e. The number of ether oxygens (including phenoxy) is 1. The third-order valence-corrected chi connectivity index (χ3v) is 4.72. The lowest BCUT2D eigenvalue weighted by Crippen LogP contribution is -2.10. The molecule has 0 bridgehead atoms. The second-order valence-corrected chi connectivity index (χ2v) is 7.33. The van der Waals surface area contributed by atoms with Crippen molar-refractivity contribution in [1.29, 1.82) is 0 Å². The van der Waals surface area contributed by atoms with Crippen molar-refractivity contribution in [2.45, 2.75) is 4.90 Å². The van der Waals surface area contributed by atoms with Gasteiger partial charge in [0, 0.05) is 6.26 Å². The normalized spacial score (nSPS) is 11.5. The molecule has 0 saturated heterocycles. The molecule has 7 nitrogen and oxygen atoms in total. The Labute approximate surface area is 143 Å². The molecule has 0 amide bonds. The Morgan fingerprint density at radius 2 is 2.04 bits per heavy atom. The number of halogens is 1. The van der Waals surface area contributed by atoms with Crippen molar-refractivity contribution < 1.29 is 22.3 Å². The molecule has 1 N–H and O–H groups in total. The molecule has 0 unspecified atom stereocenters. The molecular formula is C16H14FN3O4S. The van der Waals surface area contributed by atoms with Gasteiger partial charge in [-0.15, -0.1) is 0 Å². The van der Waals surface area contributed by atoms with Gasteiger partial charge in [-0.3, -0.25) is 4.40 Å². The van der Waals surface area contributed by atoms with Gasteiger partial charge in [0.05, 0.1) is 29.4 Å². The van der Waals surface area contributed by atoms with E-state index < -0.39 is 21.6 Å². The van der Waals surface area contributed by atoms with Crippen LogP contribution in [-0.2, 0) is 14.6 Å². The van der Waals surface area contributed by atoms with Gasteiger partial charge in [-0.05, 0) is 30.3 Å². The van der Waals surface area contributed by atoms with E-state index >= 15 is 0 Å². The highest BCUT2D eigenvalue weighted by Gasteiger charge is 2.18. The Balaban J connectivity index is 2.11. The van der Waals surface area contributed by atoms with E-state index in [9.17, 15) is 17.6 Å². The third-order valence-electron chi connectivity index (χ3n) is 3.61. The molecular weight excluding hydrogens is 349 g/mol. The molecule has 0 radical (unpaired) electrons. The summed E-state index contributed by atoms with van der Waals surface area (Å²) in [5.41, 5.74) is 0.877. The van der Waals surface area contributed by atoms with Crippen LogP contribution < -0.4 is 5.32 Å². The predicted octanol–water partition coefficient (Wildman–Crippen LogP) is 2.41. The van der Waals surface area contributed by atoms with Crippen molar-refractivity contribution in [3.63, 3.8) is 0 Å². The molecule has 0 aliphatic carbocycles. The van der Waals surface area contributed by atoms with Crippen LogP contribution in [0.5, 0.6) is 0 Å². The lowest BCUT2D eigenvalue weighted by molar-refractivity contribution is 0.0601. The molecule has 0 fully saturated rings. The number of hydrogen-bond donors (Lipinski definition) is 1. The van der Waals surface area contributed by atoms with E-state index in [1.807, 2.05) is 0 Å². The van der Waals surface area contributed by atoms with Gasteiger partial charge in [-0.1, -0.05) is 0 Å². The number of imidazole rings is 1. The van der Waals surface area contributed by atoms with Gasteiger partial charge >= 0.3 is 5.97 Å². The van der Waals surface area contributed by atoms with Crippen molar-refractivity contribution >= 4 is 32.8 Å². The quantitative estimate of drug-likeness (QED) is 0.716. The number of aromatic nitrogens is 2. The third kappa shape index (κ3) is 3.18. The lowest BCUT2D eigenvalue weighted by atomic mass is 10.2. The average Bonchev–Trinajstić information content (AvgIpc) is 3.04. The first-order chi connectivity index (χ1) is 11.8. The van der Waals surface area contributed by atoms with Gasteiger partial charge in [0.25, 0.3) is 0 Å². The lowest BCUT2D eigenvalue weighted by Gasteiger charge is -2.14. The molecule has 3 aromatic rings. The SMILES string of the molecule is COC(=O)c1ccc2cncn2c1Nc1ccc(S(C)(=O)=O)cc1F. The number of methoxy groups -OCH3 is 1. The first-order valence-electron chi connectivity index (χ1n) is 7.11. The summed E-state index contributed by atoms with van der Waals surface area (Å²) in [6, 6.07) is 6.71. The highest BCUT2D eigenvalue weighted by atomic mass is 32.2. The minimum atomic E-state index is -3.52. The number of nitrogens with zero attached hydrogens (tertiary/aromatic N) is 2. The van der Waals surface area contributed by atoms with Crippen LogP contribution in [0.25, 0.3) is 5.52 Å². The number of carbonyl (C=O) groups is 1. The van der Waals surface area contributed by atoms with Gasteiger partial charge in [-0.2, -0.15) is 0 Å². The minimum absolute atomic E-state index is 0.0127. The maximum absolute atomic E-state index is 14.3. The van der Waals surface area contributed by atoms with Crippen LogP contribution in [0.2, 0.25) is 0 Å². The summed E-state index contributed by atoms with van der Waals surface area (Å²) in [6.45, 7) is 0. The number of sulfone groups is 1. The Bertz CT molecular complexity index is 1080. The summed E-state index contributed by atoms with van der Waals surface area (Å²) in [7, 11) is -2.28. The number of fused-ring (bicyclic) bond motifs is 1. The molecule has 0 saturated carbocycles. The summed E-state index contributed by atoms with van der Waals surface area (Å²) in [4.78, 5) is 15.9. The van der Waals surface area contributed by atoms with Crippen molar-refractivity contribution in [1.82, 2.24) is 9.38 Å². The second-order valence-electron chi connectivity index (χ2n) is 5.31. The molecule has 0 aliphatic heterocycles. The number of anilines is 2. The monoisotopic (exact) mass is 363 g/mol. The van der Waals surface area contributed by atoms with Crippen LogP contribution in [-0.4, -0.2) is 37.1 Å². The van der Waals surface area contributed by atoms with E-state index in [-0.39, 0.29) is 22.0 Å². The maximum atomic E-state index is 14.3. The molecule has 0 atom stereocenters. The summed E-state index contributed by atoms with van der Waals surface area (Å²) < 4.78 is 43.7. The summed E-state index contributed by atoms with van der Waals surface area (Å²) >= 11 is 0. The smallest absolute Gasteiger partial charge is 0.341 e. The predicted molar refractivity (Wildman–Crippen MR) is 89.3 cm³/mol. The topological polar surface area (TPSA) is 89.8 Å². The fourth-order valence-electron chi connectivity index (χ4n) is 2.35. The van der Waals surface area contributed by atoms with E-state index in [1.165, 1.54) is 31.6 Å². The Morgan fingerprint density at radius 3 is 2.68 bits per heavy atom. The highest BCUT2D eigenvalue weighted by Crippen LogP contribution is 2.26. The summed E-state index contributed by atoms with van der Waals surface area (Å²) in [5, 5.41) is 2.82.